The highest BCUT2D eigenvalue weighted by Gasteiger charge is 2.36. The van der Waals surface area contributed by atoms with Crippen molar-refractivity contribution in [1.82, 2.24) is 19.3 Å². The van der Waals surface area contributed by atoms with Crippen molar-refractivity contribution >= 4 is 10.0 Å². The minimum atomic E-state index is -3.23. The molecule has 0 aliphatic carbocycles. The van der Waals surface area contributed by atoms with Crippen LogP contribution in [0.25, 0.3) is 0 Å². The number of aromatic nitrogens is 2. The van der Waals surface area contributed by atoms with Crippen LogP contribution in [0.4, 0.5) is 0 Å². The first-order valence-corrected chi connectivity index (χ1v) is 10.8. The molecule has 0 aromatic carbocycles. The Balaban J connectivity index is 1.58. The summed E-state index contributed by atoms with van der Waals surface area (Å²) in [4.78, 5) is 7.02. The van der Waals surface area contributed by atoms with Crippen LogP contribution in [0, 0.1) is 5.92 Å². The zero-order valence-corrected chi connectivity index (χ0v) is 15.5. The van der Waals surface area contributed by atoms with Crippen LogP contribution >= 0.6 is 0 Å². The molecule has 2 saturated heterocycles. The van der Waals surface area contributed by atoms with Gasteiger partial charge in [-0.15, -0.1) is 0 Å². The van der Waals surface area contributed by atoms with Crippen LogP contribution in [-0.2, 0) is 16.4 Å². The quantitative estimate of drug-likeness (QED) is 0.774. The van der Waals surface area contributed by atoms with Crippen molar-refractivity contribution in [2.45, 2.75) is 51.5 Å². The molecule has 7 nitrogen and oxygen atoms in total. The lowest BCUT2D eigenvalue weighted by molar-refractivity contribution is 0.182. The summed E-state index contributed by atoms with van der Waals surface area (Å²) in [5.74, 6) is 1.77. The molecule has 1 unspecified atom stereocenters. The van der Waals surface area contributed by atoms with Gasteiger partial charge in [-0.2, -0.15) is 9.29 Å². The van der Waals surface area contributed by atoms with Gasteiger partial charge in [0.2, 0.25) is 15.9 Å². The molecule has 0 spiro atoms. The van der Waals surface area contributed by atoms with Gasteiger partial charge < -0.3 is 9.42 Å². The molecule has 1 aromatic rings. The fourth-order valence-electron chi connectivity index (χ4n) is 3.86. The number of nitrogens with zero attached hydrogens (tertiary/aromatic N) is 4. The maximum absolute atomic E-state index is 11.9. The average molecular weight is 356 g/mol. The molecule has 1 aromatic heterocycles. The predicted octanol–water partition coefficient (Wildman–Crippen LogP) is 1.83. The third kappa shape index (κ3) is 4.15. The smallest absolute Gasteiger partial charge is 0.245 e. The molecule has 0 radical (unpaired) electrons. The van der Waals surface area contributed by atoms with Gasteiger partial charge in [0.25, 0.3) is 0 Å². The SMILES string of the molecule is CCCN1CCC(Cc2noc(C3CCCN3S(C)(=O)=O)n2)CC1. The summed E-state index contributed by atoms with van der Waals surface area (Å²) < 4.78 is 30.6. The number of piperidine rings is 1. The van der Waals surface area contributed by atoms with Gasteiger partial charge in [0.1, 0.15) is 6.04 Å². The highest BCUT2D eigenvalue weighted by Crippen LogP contribution is 2.33. The van der Waals surface area contributed by atoms with Crippen LogP contribution in [0.2, 0.25) is 0 Å². The molecule has 2 aliphatic rings. The zero-order valence-electron chi connectivity index (χ0n) is 14.6. The number of hydrogen-bond donors (Lipinski definition) is 0. The Kier molecular flexibility index (Phi) is 5.56. The molecular weight excluding hydrogens is 328 g/mol. The average Bonchev–Trinajstić information content (AvgIpc) is 3.17. The largest absolute Gasteiger partial charge is 0.338 e. The van der Waals surface area contributed by atoms with Crippen LogP contribution in [-0.4, -0.2) is 60.2 Å². The summed E-state index contributed by atoms with van der Waals surface area (Å²) in [6.07, 6.45) is 7.21. The van der Waals surface area contributed by atoms with E-state index in [9.17, 15) is 8.42 Å². The number of likely N-dealkylation sites (tertiary alicyclic amines) is 1. The zero-order chi connectivity index (χ0) is 17.2. The topological polar surface area (TPSA) is 79.5 Å². The van der Waals surface area contributed by atoms with Gasteiger partial charge in [0.05, 0.1) is 6.26 Å². The third-order valence-corrected chi connectivity index (χ3v) is 6.41. The highest BCUT2D eigenvalue weighted by molar-refractivity contribution is 7.88. The van der Waals surface area contributed by atoms with Gasteiger partial charge in [0.15, 0.2) is 5.82 Å². The van der Waals surface area contributed by atoms with E-state index in [4.69, 9.17) is 4.52 Å². The third-order valence-electron chi connectivity index (χ3n) is 5.12. The van der Waals surface area contributed by atoms with Crippen LogP contribution in [0.3, 0.4) is 0 Å². The van der Waals surface area contributed by atoms with E-state index in [0.717, 1.165) is 38.2 Å². The van der Waals surface area contributed by atoms with E-state index >= 15 is 0 Å². The lowest BCUT2D eigenvalue weighted by atomic mass is 9.93. The second-order valence-corrected chi connectivity index (χ2v) is 9.00. The van der Waals surface area contributed by atoms with Crippen molar-refractivity contribution in [3.8, 4) is 0 Å². The van der Waals surface area contributed by atoms with E-state index in [0.29, 0.717) is 18.4 Å². The molecule has 2 fully saturated rings. The number of rotatable bonds is 6. The van der Waals surface area contributed by atoms with Gasteiger partial charge in [-0.1, -0.05) is 12.1 Å². The van der Waals surface area contributed by atoms with Crippen LogP contribution < -0.4 is 0 Å². The van der Waals surface area contributed by atoms with E-state index in [1.165, 1.54) is 36.4 Å². The minimum absolute atomic E-state index is 0.285. The maximum atomic E-state index is 11.9. The van der Waals surface area contributed by atoms with Gasteiger partial charge in [0, 0.05) is 13.0 Å². The Morgan fingerprint density at radius 2 is 1.96 bits per heavy atom. The molecule has 1 atom stereocenters. The summed E-state index contributed by atoms with van der Waals surface area (Å²) in [5, 5.41) is 4.11. The second-order valence-electron chi connectivity index (χ2n) is 7.07. The fourth-order valence-corrected chi connectivity index (χ4v) is 4.98. The van der Waals surface area contributed by atoms with Gasteiger partial charge >= 0.3 is 0 Å². The molecule has 3 heterocycles. The standard InChI is InChI=1S/C16H28N4O3S/c1-3-8-19-10-6-13(7-11-19)12-15-17-16(23-18-15)14-5-4-9-20(14)24(2,21)22/h13-14H,3-12H2,1-2H3. The van der Waals surface area contributed by atoms with Crippen molar-refractivity contribution in [3.05, 3.63) is 11.7 Å². The summed E-state index contributed by atoms with van der Waals surface area (Å²) in [6.45, 7) is 6.23. The Morgan fingerprint density at radius 3 is 2.62 bits per heavy atom. The first-order chi connectivity index (χ1) is 11.5. The normalized spacial score (nSPS) is 24.7. The minimum Gasteiger partial charge on any atom is -0.338 e. The molecule has 3 rings (SSSR count). The monoisotopic (exact) mass is 356 g/mol. The fraction of sp³-hybridized carbons (Fsp3) is 0.875. The number of hydrogen-bond acceptors (Lipinski definition) is 6. The van der Waals surface area contributed by atoms with Crippen molar-refractivity contribution in [2.75, 3.05) is 32.4 Å². The van der Waals surface area contributed by atoms with Gasteiger partial charge in [-0.3, -0.25) is 0 Å². The van der Waals surface area contributed by atoms with E-state index in [2.05, 4.69) is 22.0 Å². The molecular formula is C16H28N4O3S. The predicted molar refractivity (Wildman–Crippen MR) is 91.0 cm³/mol. The number of sulfonamides is 1. The summed E-state index contributed by atoms with van der Waals surface area (Å²) in [5.41, 5.74) is 0. The molecule has 0 N–H and O–H groups in total. The van der Waals surface area contributed by atoms with Gasteiger partial charge in [-0.25, -0.2) is 8.42 Å². The van der Waals surface area contributed by atoms with Crippen LogP contribution in [0.5, 0.6) is 0 Å². The Labute approximate surface area is 144 Å². The van der Waals surface area contributed by atoms with E-state index in [1.807, 2.05) is 0 Å². The lowest BCUT2D eigenvalue weighted by Gasteiger charge is -2.31. The lowest BCUT2D eigenvalue weighted by Crippen LogP contribution is -2.34. The molecule has 8 heteroatoms. The van der Waals surface area contributed by atoms with Crippen molar-refractivity contribution in [1.29, 1.82) is 0 Å². The van der Waals surface area contributed by atoms with Crippen molar-refractivity contribution < 1.29 is 12.9 Å². The summed E-state index contributed by atoms with van der Waals surface area (Å²) in [6, 6.07) is -0.285. The van der Waals surface area contributed by atoms with Crippen LogP contribution in [0.1, 0.15) is 56.8 Å². The molecule has 0 saturated carbocycles. The maximum Gasteiger partial charge on any atom is 0.245 e. The summed E-state index contributed by atoms with van der Waals surface area (Å²) in [7, 11) is -3.23. The second kappa shape index (κ2) is 7.49. The van der Waals surface area contributed by atoms with E-state index in [-0.39, 0.29) is 6.04 Å². The molecule has 2 aliphatic heterocycles. The van der Waals surface area contributed by atoms with E-state index < -0.39 is 10.0 Å². The van der Waals surface area contributed by atoms with Crippen molar-refractivity contribution in [2.24, 2.45) is 5.92 Å². The van der Waals surface area contributed by atoms with E-state index in [1.54, 1.807) is 0 Å². The Bertz CT molecular complexity index is 638. The molecule has 136 valence electrons. The Morgan fingerprint density at radius 1 is 1.21 bits per heavy atom. The first kappa shape index (κ1) is 17.8. The van der Waals surface area contributed by atoms with Crippen molar-refractivity contribution in [3.63, 3.8) is 0 Å². The molecule has 0 bridgehead atoms. The molecule has 0 amide bonds. The first-order valence-electron chi connectivity index (χ1n) is 8.99. The van der Waals surface area contributed by atoms with Gasteiger partial charge in [-0.05, 0) is 57.7 Å². The Hall–Kier alpha value is -0.990. The van der Waals surface area contributed by atoms with Crippen LogP contribution in [0.15, 0.2) is 4.52 Å². The highest BCUT2D eigenvalue weighted by atomic mass is 32.2. The summed E-state index contributed by atoms with van der Waals surface area (Å²) >= 11 is 0. The molecule has 24 heavy (non-hydrogen) atoms.